The van der Waals surface area contributed by atoms with E-state index in [4.69, 9.17) is 15.4 Å². The molecule has 7 heteroatoms. The maximum absolute atomic E-state index is 10.5. The van der Waals surface area contributed by atoms with E-state index in [0.717, 1.165) is 6.42 Å². The Labute approximate surface area is 146 Å². The van der Waals surface area contributed by atoms with Gasteiger partial charge in [-0.2, -0.15) is 8.42 Å². The van der Waals surface area contributed by atoms with Crippen molar-refractivity contribution in [3.8, 4) is 0 Å². The highest BCUT2D eigenvalue weighted by molar-refractivity contribution is 7.84. The zero-order chi connectivity index (χ0) is 19.2. The van der Waals surface area contributed by atoms with E-state index in [-0.39, 0.29) is 6.61 Å². The summed E-state index contributed by atoms with van der Waals surface area (Å²) in [7, 11) is -3.79. The normalized spacial score (nSPS) is 11.0. The Hall–Kier alpha value is -0.990. The van der Waals surface area contributed by atoms with Crippen molar-refractivity contribution in [1.82, 2.24) is 0 Å². The van der Waals surface area contributed by atoms with Crippen molar-refractivity contribution in [1.29, 1.82) is 0 Å². The number of aliphatic hydroxyl groups is 2. The van der Waals surface area contributed by atoms with Gasteiger partial charge in [-0.05, 0) is 43.7 Å². The monoisotopic (exact) mass is 363 g/mol. The minimum atomic E-state index is -3.79. The van der Waals surface area contributed by atoms with E-state index in [1.54, 1.807) is 13.8 Å². The largest absolute Gasteiger partial charge is 0.366 e. The summed E-state index contributed by atoms with van der Waals surface area (Å²) in [5.74, 6) is -1.42. The second-order valence-corrected chi connectivity index (χ2v) is 6.26. The number of hydrogen-bond acceptors (Lipinski definition) is 5. The lowest BCUT2D eigenvalue weighted by Gasteiger charge is -2.15. The number of rotatable bonds is 7. The molecule has 0 amide bonds. The minimum absolute atomic E-state index is 0.132. The summed E-state index contributed by atoms with van der Waals surface area (Å²) >= 11 is 0. The van der Waals surface area contributed by atoms with Crippen LogP contribution in [0.25, 0.3) is 0 Å². The maximum Gasteiger partial charge on any atom is 0.333 e. The van der Waals surface area contributed by atoms with Crippen molar-refractivity contribution in [2.45, 2.75) is 66.1 Å². The zero-order valence-electron chi connectivity index (χ0n) is 15.4. The molecule has 0 aliphatic carbocycles. The lowest BCUT2D eigenvalue weighted by molar-refractivity contribution is -0.163. The quantitative estimate of drug-likeness (QED) is 0.509. The highest BCUT2D eigenvalue weighted by Gasteiger charge is 2.15. The summed E-state index contributed by atoms with van der Waals surface area (Å²) in [6, 6.07) is 7.98. The van der Waals surface area contributed by atoms with Gasteiger partial charge in [-0.25, -0.2) is 5.14 Å². The summed E-state index contributed by atoms with van der Waals surface area (Å²) in [5, 5.41) is 22.1. The average Bonchev–Trinajstić information content (AvgIpc) is 2.55. The molecule has 0 radical (unpaired) electrons. The predicted octanol–water partition coefficient (Wildman–Crippen LogP) is 2.66. The predicted molar refractivity (Wildman–Crippen MR) is 97.7 cm³/mol. The second-order valence-electron chi connectivity index (χ2n) is 5.03. The van der Waals surface area contributed by atoms with Crippen LogP contribution in [0.1, 0.15) is 58.1 Å². The SMILES string of the molecule is CC.CCC(O)(O)CC.Cc1ccccc1CCCOS(N)(=O)=O. The first-order chi connectivity index (χ1) is 11.1. The first-order valence-corrected chi connectivity index (χ1v) is 9.75. The molecule has 0 heterocycles. The third kappa shape index (κ3) is 14.6. The lowest BCUT2D eigenvalue weighted by atomic mass is 10.0. The van der Waals surface area contributed by atoms with Crippen LogP contribution in [-0.4, -0.2) is 31.0 Å². The molecule has 0 aliphatic heterocycles. The third-order valence-corrected chi connectivity index (χ3v) is 3.73. The van der Waals surface area contributed by atoms with Gasteiger partial charge in [-0.3, -0.25) is 4.18 Å². The van der Waals surface area contributed by atoms with Crippen LogP contribution >= 0.6 is 0 Å². The van der Waals surface area contributed by atoms with Gasteiger partial charge in [0.25, 0.3) is 0 Å². The Morgan fingerprint density at radius 1 is 1.12 bits per heavy atom. The summed E-state index contributed by atoms with van der Waals surface area (Å²) in [6.07, 6.45) is 2.25. The summed E-state index contributed by atoms with van der Waals surface area (Å²) < 4.78 is 25.4. The number of hydrogen-bond donors (Lipinski definition) is 3. The number of aryl methyl sites for hydroxylation is 2. The van der Waals surface area contributed by atoms with Crippen molar-refractivity contribution in [2.75, 3.05) is 6.61 Å². The van der Waals surface area contributed by atoms with Crippen molar-refractivity contribution in [2.24, 2.45) is 5.14 Å². The van der Waals surface area contributed by atoms with E-state index in [1.807, 2.05) is 45.0 Å². The van der Waals surface area contributed by atoms with Crippen LogP contribution in [0, 0.1) is 6.92 Å². The Balaban J connectivity index is 0. The molecule has 1 aromatic rings. The van der Waals surface area contributed by atoms with Crippen LogP contribution in [0.15, 0.2) is 24.3 Å². The molecular weight excluding hydrogens is 330 g/mol. The first kappa shape index (κ1) is 25.3. The topological polar surface area (TPSA) is 110 Å². The highest BCUT2D eigenvalue weighted by atomic mass is 32.2. The molecule has 1 aromatic carbocycles. The van der Waals surface area contributed by atoms with E-state index in [2.05, 4.69) is 4.18 Å². The maximum atomic E-state index is 10.5. The zero-order valence-corrected chi connectivity index (χ0v) is 16.3. The molecule has 0 unspecified atom stereocenters. The standard InChI is InChI=1S/C10H15NO3S.C5H12O2.C2H6/c1-9-5-2-3-6-10(9)7-4-8-14-15(11,12)13;1-3-5(6,7)4-2;1-2/h2-3,5-6H,4,7-8H2,1H3,(H2,11,12,13);6-7H,3-4H2,1-2H3;1-2H3. The van der Waals surface area contributed by atoms with Crippen LogP contribution in [0.5, 0.6) is 0 Å². The lowest BCUT2D eigenvalue weighted by Crippen LogP contribution is -2.24. The van der Waals surface area contributed by atoms with Gasteiger partial charge in [0.05, 0.1) is 6.61 Å². The minimum Gasteiger partial charge on any atom is -0.366 e. The molecular formula is C17H33NO5S. The number of nitrogens with two attached hydrogens (primary N) is 1. The fourth-order valence-corrected chi connectivity index (χ4v) is 1.93. The fourth-order valence-electron chi connectivity index (χ4n) is 1.58. The Morgan fingerprint density at radius 2 is 1.62 bits per heavy atom. The molecule has 0 spiro atoms. The Bertz CT molecular complexity index is 524. The van der Waals surface area contributed by atoms with E-state index in [9.17, 15) is 8.42 Å². The Morgan fingerprint density at radius 3 is 2.00 bits per heavy atom. The van der Waals surface area contributed by atoms with Crippen LogP contribution in [0.3, 0.4) is 0 Å². The molecule has 4 N–H and O–H groups in total. The summed E-state index contributed by atoms with van der Waals surface area (Å²) in [4.78, 5) is 0. The van der Waals surface area contributed by atoms with Crippen LogP contribution in [-0.2, 0) is 20.9 Å². The van der Waals surface area contributed by atoms with Gasteiger partial charge in [0.1, 0.15) is 0 Å². The van der Waals surface area contributed by atoms with Crippen molar-refractivity contribution in [3.05, 3.63) is 35.4 Å². The van der Waals surface area contributed by atoms with Gasteiger partial charge in [0.2, 0.25) is 0 Å². The van der Waals surface area contributed by atoms with Crippen molar-refractivity contribution in [3.63, 3.8) is 0 Å². The van der Waals surface area contributed by atoms with Crippen LogP contribution < -0.4 is 5.14 Å². The molecule has 0 fully saturated rings. The molecule has 24 heavy (non-hydrogen) atoms. The second kappa shape index (κ2) is 13.3. The van der Waals surface area contributed by atoms with Crippen molar-refractivity contribution < 1.29 is 22.8 Å². The summed E-state index contributed by atoms with van der Waals surface area (Å²) in [6.45, 7) is 9.63. The van der Waals surface area contributed by atoms with Gasteiger partial charge < -0.3 is 10.2 Å². The molecule has 0 saturated carbocycles. The molecule has 0 aliphatic rings. The van der Waals surface area contributed by atoms with Crippen molar-refractivity contribution >= 4 is 10.3 Å². The van der Waals surface area contributed by atoms with E-state index >= 15 is 0 Å². The van der Waals surface area contributed by atoms with Gasteiger partial charge >= 0.3 is 10.3 Å². The van der Waals surface area contributed by atoms with Crippen LogP contribution in [0.2, 0.25) is 0 Å². The van der Waals surface area contributed by atoms with Gasteiger partial charge in [0, 0.05) is 0 Å². The van der Waals surface area contributed by atoms with E-state index < -0.39 is 16.1 Å². The third-order valence-electron chi connectivity index (χ3n) is 3.23. The molecule has 1 rings (SSSR count). The Kier molecular flexibility index (Phi) is 14.0. The van der Waals surface area contributed by atoms with E-state index in [1.165, 1.54) is 11.1 Å². The fraction of sp³-hybridized carbons (Fsp3) is 0.647. The molecule has 0 saturated heterocycles. The van der Waals surface area contributed by atoms with Gasteiger partial charge in [-0.15, -0.1) is 0 Å². The molecule has 0 atom stereocenters. The molecule has 0 bridgehead atoms. The number of benzene rings is 1. The molecule has 6 nitrogen and oxygen atoms in total. The molecule has 0 aromatic heterocycles. The molecule has 142 valence electrons. The van der Waals surface area contributed by atoms with Crippen LogP contribution in [0.4, 0.5) is 0 Å². The van der Waals surface area contributed by atoms with E-state index in [0.29, 0.717) is 19.3 Å². The first-order valence-electron chi connectivity index (χ1n) is 8.27. The van der Waals surface area contributed by atoms with Gasteiger partial charge in [0.15, 0.2) is 5.79 Å². The highest BCUT2D eigenvalue weighted by Crippen LogP contribution is 2.09. The van der Waals surface area contributed by atoms with Gasteiger partial charge in [-0.1, -0.05) is 52.0 Å². The summed E-state index contributed by atoms with van der Waals surface area (Å²) in [5.41, 5.74) is 2.41. The smallest absolute Gasteiger partial charge is 0.333 e. The average molecular weight is 364 g/mol.